The molecule has 1 aliphatic carbocycles. The topological polar surface area (TPSA) is 111 Å². The van der Waals surface area contributed by atoms with Crippen molar-refractivity contribution in [2.75, 3.05) is 12.4 Å². The lowest BCUT2D eigenvalue weighted by molar-refractivity contribution is -0.117. The van der Waals surface area contributed by atoms with E-state index in [1.165, 1.54) is 0 Å². The summed E-state index contributed by atoms with van der Waals surface area (Å²) in [4.78, 5) is 12.8. The summed E-state index contributed by atoms with van der Waals surface area (Å²) >= 11 is 1.14. The summed E-state index contributed by atoms with van der Waals surface area (Å²) in [6.45, 7) is 1.93. The number of nitrogens with one attached hydrogen (secondary N) is 2. The molecule has 0 unspecified atom stereocenters. The second-order valence-corrected chi connectivity index (χ2v) is 10.5. The molecule has 32 heavy (non-hydrogen) atoms. The average molecular weight is 474 g/mol. The lowest BCUT2D eigenvalue weighted by atomic mass is 10.2. The molecule has 0 saturated heterocycles. The summed E-state index contributed by atoms with van der Waals surface area (Å²) in [5.74, 6) is 1.17. The van der Waals surface area contributed by atoms with Crippen LogP contribution in [0.3, 0.4) is 0 Å². The molecule has 10 heteroatoms. The number of ether oxygens (including phenoxy) is 1. The van der Waals surface area contributed by atoms with Crippen molar-refractivity contribution < 1.29 is 22.5 Å². The van der Waals surface area contributed by atoms with E-state index in [1.807, 2.05) is 12.1 Å². The van der Waals surface area contributed by atoms with Crippen LogP contribution in [0.5, 0.6) is 5.75 Å². The Morgan fingerprint density at radius 3 is 2.66 bits per heavy atom. The smallest absolute Gasteiger partial charge is 0.250 e. The van der Waals surface area contributed by atoms with Gasteiger partial charge in [-0.05, 0) is 61.7 Å². The molecule has 1 saturated carbocycles. The van der Waals surface area contributed by atoms with E-state index in [0.717, 1.165) is 34.6 Å². The molecule has 8 nitrogen and oxygen atoms in total. The zero-order valence-corrected chi connectivity index (χ0v) is 19.3. The molecule has 2 heterocycles. The predicted octanol–water partition coefficient (Wildman–Crippen LogP) is 4.05. The Balaban J connectivity index is 1.42. The largest absolute Gasteiger partial charge is 0.497 e. The van der Waals surface area contributed by atoms with Crippen LogP contribution in [0.4, 0.5) is 5.69 Å². The van der Waals surface area contributed by atoms with Crippen LogP contribution in [0.25, 0.3) is 12.2 Å². The van der Waals surface area contributed by atoms with Crippen molar-refractivity contribution in [1.82, 2.24) is 9.88 Å². The van der Waals surface area contributed by atoms with Gasteiger partial charge < -0.3 is 14.6 Å². The fourth-order valence-corrected chi connectivity index (χ4v) is 5.23. The van der Waals surface area contributed by atoms with E-state index < -0.39 is 10.0 Å². The van der Waals surface area contributed by atoms with E-state index in [1.54, 1.807) is 50.5 Å². The molecule has 4 rings (SSSR count). The first kappa shape index (κ1) is 22.3. The van der Waals surface area contributed by atoms with Crippen molar-refractivity contribution >= 4 is 45.1 Å². The molecule has 2 N–H and O–H groups in total. The van der Waals surface area contributed by atoms with Crippen molar-refractivity contribution in [1.29, 1.82) is 0 Å². The van der Waals surface area contributed by atoms with Gasteiger partial charge in [0.2, 0.25) is 15.9 Å². The van der Waals surface area contributed by atoms with Gasteiger partial charge in [-0.25, -0.2) is 13.1 Å². The molecule has 1 fully saturated rings. The highest BCUT2D eigenvalue weighted by molar-refractivity contribution is 7.91. The number of anilines is 1. The number of hydrogen-bond acceptors (Lipinski definition) is 7. The number of carbonyl (C=O) groups is 1. The number of sulfonamides is 1. The number of aryl methyl sites for hydroxylation is 1. The minimum atomic E-state index is -3.65. The number of carbonyl (C=O) groups excluding carboxylic acids is 1. The van der Waals surface area contributed by atoms with Gasteiger partial charge in [0.15, 0.2) is 5.76 Å². The second kappa shape index (κ2) is 9.27. The lowest BCUT2D eigenvalue weighted by Gasteiger charge is -2.06. The quantitative estimate of drug-likeness (QED) is 0.485. The molecule has 2 aromatic heterocycles. The number of methoxy groups -OCH3 is 1. The van der Waals surface area contributed by atoms with Crippen molar-refractivity contribution in [2.45, 2.75) is 30.5 Å². The Morgan fingerprint density at radius 1 is 1.22 bits per heavy atom. The summed E-state index contributed by atoms with van der Waals surface area (Å²) in [5.41, 5.74) is 1.96. The molecule has 1 amide bonds. The van der Waals surface area contributed by atoms with Crippen molar-refractivity contribution in [3.05, 3.63) is 58.3 Å². The molecule has 0 radical (unpaired) electrons. The summed E-state index contributed by atoms with van der Waals surface area (Å²) in [6, 6.07) is 10.5. The van der Waals surface area contributed by atoms with Gasteiger partial charge in [-0.3, -0.25) is 4.79 Å². The molecule has 0 spiro atoms. The number of benzene rings is 1. The minimum absolute atomic E-state index is 0.0293. The van der Waals surface area contributed by atoms with Crippen LogP contribution >= 0.6 is 11.3 Å². The van der Waals surface area contributed by atoms with Gasteiger partial charge in [-0.2, -0.15) is 0 Å². The molecule has 3 aromatic rings. The number of thiophene rings is 1. The molecule has 1 aliphatic rings. The van der Waals surface area contributed by atoms with Crippen molar-refractivity contribution in [3.63, 3.8) is 0 Å². The number of amides is 1. The third-order valence-electron chi connectivity index (χ3n) is 4.98. The first-order valence-corrected chi connectivity index (χ1v) is 12.3. The van der Waals surface area contributed by atoms with Crippen molar-refractivity contribution in [2.24, 2.45) is 5.92 Å². The SMILES string of the molecule is COc1ccc(CNS(=O)(=O)c2ccc(C=Cc3onc(C)c3NC(=O)C3CC3)s2)cc1. The monoisotopic (exact) mass is 473 g/mol. The first-order valence-electron chi connectivity index (χ1n) is 10.0. The summed E-state index contributed by atoms with van der Waals surface area (Å²) < 4.78 is 38.5. The fourth-order valence-electron chi connectivity index (χ4n) is 2.94. The van der Waals surface area contributed by atoms with Crippen LogP contribution in [0.1, 0.15) is 34.7 Å². The highest BCUT2D eigenvalue weighted by Crippen LogP contribution is 2.32. The fraction of sp³-hybridized carbons (Fsp3) is 0.273. The first-order chi connectivity index (χ1) is 15.4. The molecule has 0 bridgehead atoms. The van der Waals surface area contributed by atoms with Gasteiger partial charge in [0.05, 0.1) is 7.11 Å². The van der Waals surface area contributed by atoms with E-state index in [4.69, 9.17) is 9.26 Å². The van der Waals surface area contributed by atoms with E-state index >= 15 is 0 Å². The summed E-state index contributed by atoms with van der Waals surface area (Å²) in [5, 5.41) is 6.79. The van der Waals surface area contributed by atoms with Gasteiger partial charge >= 0.3 is 0 Å². The standard InChI is InChI=1S/C22H23N3O5S2/c1-14-21(24-22(26)16-5-6-16)19(30-25-14)11-9-18-10-12-20(31-18)32(27,28)23-13-15-3-7-17(29-2)8-4-15/h3-4,7-12,16,23H,5-6,13H2,1-2H3,(H,24,26). The maximum Gasteiger partial charge on any atom is 0.250 e. The van der Waals surface area contributed by atoms with Crippen LogP contribution in [-0.2, 0) is 21.4 Å². The number of rotatable bonds is 9. The molecule has 1 aromatic carbocycles. The van der Waals surface area contributed by atoms with E-state index in [9.17, 15) is 13.2 Å². The second-order valence-electron chi connectivity index (χ2n) is 7.43. The molecule has 0 aliphatic heterocycles. The minimum Gasteiger partial charge on any atom is -0.497 e. The predicted molar refractivity (Wildman–Crippen MR) is 123 cm³/mol. The molecule has 0 atom stereocenters. The molecular formula is C22H23N3O5S2. The Morgan fingerprint density at radius 2 is 1.97 bits per heavy atom. The van der Waals surface area contributed by atoms with Gasteiger partial charge in [0.25, 0.3) is 0 Å². The Bertz CT molecular complexity index is 1240. The lowest BCUT2D eigenvalue weighted by Crippen LogP contribution is -2.22. The number of hydrogen-bond donors (Lipinski definition) is 2. The van der Waals surface area contributed by atoms with Crippen LogP contribution < -0.4 is 14.8 Å². The maximum atomic E-state index is 12.6. The van der Waals surface area contributed by atoms with Gasteiger partial charge in [0, 0.05) is 17.3 Å². The normalized spacial score (nSPS) is 14.1. The van der Waals surface area contributed by atoms with Gasteiger partial charge in [0.1, 0.15) is 21.3 Å². The highest BCUT2D eigenvalue weighted by atomic mass is 32.2. The zero-order chi connectivity index (χ0) is 22.7. The Labute approximate surface area is 190 Å². The molecule has 168 valence electrons. The van der Waals surface area contributed by atoms with Crippen molar-refractivity contribution in [3.8, 4) is 5.75 Å². The van der Waals surface area contributed by atoms with Gasteiger partial charge in [-0.1, -0.05) is 17.3 Å². The van der Waals surface area contributed by atoms with Crippen LogP contribution in [0.2, 0.25) is 0 Å². The zero-order valence-electron chi connectivity index (χ0n) is 17.6. The summed E-state index contributed by atoms with van der Waals surface area (Å²) in [6.07, 6.45) is 5.22. The van der Waals surface area contributed by atoms with E-state index in [0.29, 0.717) is 22.9 Å². The van der Waals surface area contributed by atoms with Gasteiger partial charge in [-0.15, -0.1) is 11.3 Å². The van der Waals surface area contributed by atoms with E-state index in [2.05, 4.69) is 15.2 Å². The van der Waals surface area contributed by atoms with E-state index in [-0.39, 0.29) is 22.6 Å². The third-order valence-corrected chi connectivity index (χ3v) is 7.92. The third kappa shape index (κ3) is 5.26. The summed E-state index contributed by atoms with van der Waals surface area (Å²) in [7, 11) is -2.07. The molecular weight excluding hydrogens is 450 g/mol. The number of nitrogens with zero attached hydrogens (tertiary/aromatic N) is 1. The number of aromatic nitrogens is 1. The van der Waals surface area contributed by atoms with Crippen LogP contribution in [0, 0.1) is 12.8 Å². The highest BCUT2D eigenvalue weighted by Gasteiger charge is 2.30. The Kier molecular flexibility index (Phi) is 6.45. The van der Waals surface area contributed by atoms with Crippen LogP contribution in [0.15, 0.2) is 45.1 Å². The average Bonchev–Trinajstić information content (AvgIpc) is 3.44. The maximum absolute atomic E-state index is 12.6. The Hall–Kier alpha value is -2.95. The van der Waals surface area contributed by atoms with Crippen LogP contribution in [-0.4, -0.2) is 26.6 Å².